The molecule has 0 saturated heterocycles. The van der Waals surface area contributed by atoms with Gasteiger partial charge in [0.05, 0.1) is 32.6 Å². The Morgan fingerprint density at radius 3 is 1.73 bits per heavy atom. The minimum atomic E-state index is 0.990. The summed E-state index contributed by atoms with van der Waals surface area (Å²) in [6.07, 6.45) is 0. The Balaban J connectivity index is 1.02. The average Bonchev–Trinajstić information content (AvgIpc) is 3.99. The Morgan fingerprint density at radius 1 is 0.373 bits per heavy atom. The third-order valence-electron chi connectivity index (χ3n) is 12.2. The topological polar surface area (TPSA) is 17.8 Å². The van der Waals surface area contributed by atoms with E-state index >= 15 is 0 Å². The molecule has 0 aliphatic heterocycles. The highest BCUT2D eigenvalue weighted by Gasteiger charge is 2.21. The first-order chi connectivity index (χ1) is 29.2. The van der Waals surface area contributed by atoms with Crippen LogP contribution in [0.2, 0.25) is 0 Å². The summed E-state index contributed by atoms with van der Waals surface area (Å²) in [6.45, 7) is 0. The van der Waals surface area contributed by atoms with Crippen LogP contribution in [0.3, 0.4) is 0 Å². The van der Waals surface area contributed by atoms with Gasteiger partial charge in [0.15, 0.2) is 0 Å². The molecule has 4 heteroatoms. The second-order valence-electron chi connectivity index (χ2n) is 15.4. The van der Waals surface area contributed by atoms with E-state index in [2.05, 4.69) is 199 Å². The van der Waals surface area contributed by atoms with Crippen LogP contribution in [0.5, 0.6) is 0 Å². The van der Waals surface area contributed by atoms with Crippen LogP contribution >= 0.6 is 22.7 Å². The van der Waals surface area contributed by atoms with Gasteiger partial charge in [-0.1, -0.05) is 152 Å². The van der Waals surface area contributed by atoms with Gasteiger partial charge in [0.25, 0.3) is 0 Å². The van der Waals surface area contributed by atoms with Crippen molar-refractivity contribution in [1.82, 2.24) is 9.55 Å². The molecular formula is C55H32N2S2. The van der Waals surface area contributed by atoms with E-state index in [1.165, 1.54) is 106 Å². The smallest absolute Gasteiger partial charge is 0.0902 e. The van der Waals surface area contributed by atoms with Crippen molar-refractivity contribution in [3.63, 3.8) is 0 Å². The highest BCUT2D eigenvalue weighted by molar-refractivity contribution is 7.26. The molecule has 4 heterocycles. The van der Waals surface area contributed by atoms with Crippen LogP contribution in [-0.4, -0.2) is 9.55 Å². The van der Waals surface area contributed by atoms with E-state index in [0.29, 0.717) is 0 Å². The summed E-state index contributed by atoms with van der Waals surface area (Å²) in [6, 6.07) is 71.2. The van der Waals surface area contributed by atoms with E-state index < -0.39 is 0 Å². The van der Waals surface area contributed by atoms with Gasteiger partial charge in [0.1, 0.15) is 0 Å². The quantitative estimate of drug-likeness (QED) is 0.174. The predicted octanol–water partition coefficient (Wildman–Crippen LogP) is 16.2. The Morgan fingerprint density at radius 2 is 0.983 bits per heavy atom. The van der Waals surface area contributed by atoms with E-state index in [-0.39, 0.29) is 0 Å². The molecule has 0 amide bonds. The molecule has 0 aliphatic carbocycles. The fraction of sp³-hybridized carbons (Fsp3) is 0. The van der Waals surface area contributed by atoms with E-state index in [4.69, 9.17) is 4.98 Å². The first-order valence-electron chi connectivity index (χ1n) is 20.0. The molecule has 0 spiro atoms. The number of pyridine rings is 1. The summed E-state index contributed by atoms with van der Waals surface area (Å²) >= 11 is 3.70. The van der Waals surface area contributed by atoms with E-state index in [1.807, 2.05) is 22.7 Å². The second-order valence-corrected chi connectivity index (χ2v) is 17.6. The number of rotatable bonds is 4. The fourth-order valence-electron chi connectivity index (χ4n) is 9.48. The van der Waals surface area contributed by atoms with Gasteiger partial charge in [0, 0.05) is 52.2 Å². The SMILES string of the molecule is c1ccc(-c2ccc(-c3cc(-c4ccc5c(c4)sc4cccc(-n6c7ccc8ccccc8c7c7c8ccccc8ccc76)c45)nc4c3sc3ccccc34)cc2)cc1. The van der Waals surface area contributed by atoms with E-state index in [0.717, 1.165) is 16.8 Å². The van der Waals surface area contributed by atoms with Crippen LogP contribution in [0.25, 0.3) is 123 Å². The largest absolute Gasteiger partial charge is 0.309 e. The van der Waals surface area contributed by atoms with Crippen LogP contribution in [0.1, 0.15) is 0 Å². The summed E-state index contributed by atoms with van der Waals surface area (Å²) in [7, 11) is 0. The number of hydrogen-bond donors (Lipinski definition) is 0. The first kappa shape index (κ1) is 32.9. The van der Waals surface area contributed by atoms with Crippen LogP contribution in [-0.2, 0) is 0 Å². The molecule has 13 rings (SSSR count). The van der Waals surface area contributed by atoms with Crippen molar-refractivity contribution in [2.75, 3.05) is 0 Å². The zero-order chi connectivity index (χ0) is 38.6. The zero-order valence-electron chi connectivity index (χ0n) is 31.7. The number of thiophene rings is 2. The summed E-state index contributed by atoms with van der Waals surface area (Å²) in [4.78, 5) is 5.43. The lowest BCUT2D eigenvalue weighted by Crippen LogP contribution is -1.94. The van der Waals surface area contributed by atoms with Gasteiger partial charge in [-0.05, 0) is 80.7 Å². The molecular weight excluding hydrogens is 753 g/mol. The van der Waals surface area contributed by atoms with Crippen LogP contribution in [0, 0.1) is 0 Å². The van der Waals surface area contributed by atoms with Gasteiger partial charge in [-0.25, -0.2) is 4.98 Å². The molecule has 0 aliphatic rings. The number of aromatic nitrogens is 2. The molecule has 4 aromatic heterocycles. The monoisotopic (exact) mass is 784 g/mol. The molecule has 0 unspecified atom stereocenters. The van der Waals surface area contributed by atoms with Crippen molar-refractivity contribution < 1.29 is 0 Å². The minimum Gasteiger partial charge on any atom is -0.309 e. The van der Waals surface area contributed by atoms with Crippen molar-refractivity contribution in [2.24, 2.45) is 0 Å². The van der Waals surface area contributed by atoms with Gasteiger partial charge in [-0.3, -0.25) is 0 Å². The number of nitrogens with zero attached hydrogens (tertiary/aromatic N) is 2. The molecule has 9 aromatic carbocycles. The first-order valence-corrected chi connectivity index (χ1v) is 21.7. The molecule has 0 fully saturated rings. The van der Waals surface area contributed by atoms with Crippen molar-refractivity contribution >= 4 is 106 Å². The molecule has 2 nitrogen and oxygen atoms in total. The fourth-order valence-corrected chi connectivity index (χ4v) is 11.8. The Bertz CT molecular complexity index is 3740. The minimum absolute atomic E-state index is 0.990. The summed E-state index contributed by atoms with van der Waals surface area (Å²) < 4.78 is 7.53. The standard InChI is InChI=1S/C55H32N2S2/c1-2-11-33(12-3-1)34-21-23-37(24-22-34)43-32-44(56-54-42-17-8-9-19-48(42)59-55(43)54)38-25-28-41-50(31-38)58-49-20-10-18-45(51(41)49)57-46-29-26-35-13-4-6-15-39(35)52(46)53-40-16-7-5-14-36(40)27-30-47(53)57/h1-32H. The third kappa shape index (κ3) is 4.94. The molecule has 0 atom stereocenters. The van der Waals surface area contributed by atoms with Crippen molar-refractivity contribution in [1.29, 1.82) is 0 Å². The third-order valence-corrected chi connectivity index (χ3v) is 14.5. The maximum absolute atomic E-state index is 5.43. The van der Waals surface area contributed by atoms with Gasteiger partial charge in [0.2, 0.25) is 0 Å². The molecule has 0 N–H and O–H groups in total. The normalized spacial score (nSPS) is 12.1. The average molecular weight is 785 g/mol. The number of fused-ring (bicyclic) bond motifs is 13. The van der Waals surface area contributed by atoms with Gasteiger partial charge in [-0.15, -0.1) is 22.7 Å². The van der Waals surface area contributed by atoms with Crippen LogP contribution < -0.4 is 0 Å². The lowest BCUT2D eigenvalue weighted by atomic mass is 9.98. The zero-order valence-corrected chi connectivity index (χ0v) is 33.3. The Kier molecular flexibility index (Phi) is 7.08. The Labute approximate surface area is 347 Å². The second kappa shape index (κ2) is 12.7. The maximum Gasteiger partial charge on any atom is 0.0902 e. The summed E-state index contributed by atoms with van der Waals surface area (Å²) in [5.41, 5.74) is 11.7. The van der Waals surface area contributed by atoms with Crippen molar-refractivity contribution in [3.05, 3.63) is 194 Å². The Hall–Kier alpha value is -7.11. The number of benzene rings is 9. The molecule has 59 heavy (non-hydrogen) atoms. The molecule has 0 radical (unpaired) electrons. The molecule has 13 aromatic rings. The lowest BCUT2D eigenvalue weighted by molar-refractivity contribution is 1.20. The summed E-state index contributed by atoms with van der Waals surface area (Å²) in [5.74, 6) is 0. The van der Waals surface area contributed by atoms with Crippen molar-refractivity contribution in [2.45, 2.75) is 0 Å². The highest BCUT2D eigenvalue weighted by Crippen LogP contribution is 2.46. The lowest BCUT2D eigenvalue weighted by Gasteiger charge is -2.11. The van der Waals surface area contributed by atoms with Gasteiger partial charge < -0.3 is 4.57 Å². The highest BCUT2D eigenvalue weighted by atomic mass is 32.1. The van der Waals surface area contributed by atoms with E-state index in [1.54, 1.807) is 0 Å². The van der Waals surface area contributed by atoms with Gasteiger partial charge >= 0.3 is 0 Å². The molecule has 274 valence electrons. The van der Waals surface area contributed by atoms with E-state index in [9.17, 15) is 0 Å². The molecule has 0 bridgehead atoms. The summed E-state index contributed by atoms with van der Waals surface area (Å²) in [5, 5.41) is 11.4. The molecule has 0 saturated carbocycles. The van der Waals surface area contributed by atoms with Crippen LogP contribution in [0.4, 0.5) is 0 Å². The maximum atomic E-state index is 5.43. The predicted molar refractivity (Wildman–Crippen MR) is 256 cm³/mol. The number of hydrogen-bond acceptors (Lipinski definition) is 3. The van der Waals surface area contributed by atoms with Gasteiger partial charge in [-0.2, -0.15) is 0 Å². The van der Waals surface area contributed by atoms with Crippen molar-refractivity contribution in [3.8, 4) is 39.2 Å². The van der Waals surface area contributed by atoms with Crippen LogP contribution in [0.15, 0.2) is 194 Å².